The van der Waals surface area contributed by atoms with Crippen LogP contribution in [-0.4, -0.2) is 24.0 Å². The summed E-state index contributed by atoms with van der Waals surface area (Å²) in [5.74, 6) is -0.657. The molecule has 1 aromatic carbocycles. The second kappa shape index (κ2) is 7.08. The number of H-pyrrole nitrogens is 1. The maximum Gasteiger partial charge on any atom is 0.307 e. The van der Waals surface area contributed by atoms with E-state index in [1.165, 1.54) is 7.11 Å². The Morgan fingerprint density at radius 3 is 2.62 bits per heavy atom. The zero-order valence-corrected chi connectivity index (χ0v) is 13.0. The first-order valence-corrected chi connectivity index (χ1v) is 7.16. The molecule has 21 heavy (non-hydrogen) atoms. The first-order chi connectivity index (χ1) is 10.1. The maximum atomic E-state index is 12.2. The third kappa shape index (κ3) is 4.19. The van der Waals surface area contributed by atoms with E-state index < -0.39 is 6.04 Å². The fourth-order valence-corrected chi connectivity index (χ4v) is 2.27. The van der Waals surface area contributed by atoms with Crippen LogP contribution in [0.3, 0.4) is 0 Å². The highest BCUT2D eigenvalue weighted by Gasteiger charge is 2.20. The second-order valence-electron chi connectivity index (χ2n) is 4.45. The highest BCUT2D eigenvalue weighted by Crippen LogP contribution is 2.18. The monoisotopic (exact) mass is 350 g/mol. The van der Waals surface area contributed by atoms with Gasteiger partial charge < -0.3 is 15.0 Å². The first-order valence-electron chi connectivity index (χ1n) is 6.36. The molecule has 1 amide bonds. The number of rotatable bonds is 5. The van der Waals surface area contributed by atoms with Gasteiger partial charge in [-0.05, 0) is 27.6 Å². The quantitative estimate of drug-likeness (QED) is 0.814. The van der Waals surface area contributed by atoms with Crippen LogP contribution in [0.15, 0.2) is 47.1 Å². The van der Waals surface area contributed by atoms with E-state index in [4.69, 9.17) is 0 Å². The van der Waals surface area contributed by atoms with Gasteiger partial charge in [-0.1, -0.05) is 30.3 Å². The van der Waals surface area contributed by atoms with Crippen LogP contribution in [0.1, 0.15) is 28.5 Å². The second-order valence-corrected chi connectivity index (χ2v) is 5.36. The molecule has 0 saturated carbocycles. The van der Waals surface area contributed by atoms with Crippen molar-refractivity contribution in [2.75, 3.05) is 7.11 Å². The van der Waals surface area contributed by atoms with Gasteiger partial charge in [0.1, 0.15) is 5.69 Å². The van der Waals surface area contributed by atoms with Crippen LogP contribution in [0.25, 0.3) is 0 Å². The van der Waals surface area contributed by atoms with Crippen molar-refractivity contribution >= 4 is 27.8 Å². The van der Waals surface area contributed by atoms with E-state index in [9.17, 15) is 9.59 Å². The molecule has 1 aromatic heterocycles. The van der Waals surface area contributed by atoms with Gasteiger partial charge in [-0.25, -0.2) is 0 Å². The summed E-state index contributed by atoms with van der Waals surface area (Å²) < 4.78 is 5.48. The molecule has 0 bridgehead atoms. The van der Waals surface area contributed by atoms with Crippen molar-refractivity contribution in [3.05, 3.63) is 58.3 Å². The normalized spacial score (nSPS) is 11.7. The van der Waals surface area contributed by atoms with Crippen molar-refractivity contribution in [2.24, 2.45) is 0 Å². The summed E-state index contributed by atoms with van der Waals surface area (Å²) in [4.78, 5) is 26.6. The topological polar surface area (TPSA) is 71.2 Å². The van der Waals surface area contributed by atoms with E-state index in [0.29, 0.717) is 5.69 Å². The lowest BCUT2D eigenvalue weighted by Gasteiger charge is -2.17. The summed E-state index contributed by atoms with van der Waals surface area (Å²) in [5, 5.41) is 2.84. The van der Waals surface area contributed by atoms with Gasteiger partial charge in [0.25, 0.3) is 5.91 Å². The Kier molecular flexibility index (Phi) is 5.16. The standard InChI is InChI=1S/C15H15BrN2O3/c1-21-14(19)8-12(10-5-3-2-4-6-10)18-15(20)13-7-11(16)9-17-13/h2-7,9,12,17H,8H2,1H3,(H,18,20)/t12-/m0/s1. The molecule has 0 fully saturated rings. The van der Waals surface area contributed by atoms with Gasteiger partial charge in [0.15, 0.2) is 0 Å². The highest BCUT2D eigenvalue weighted by atomic mass is 79.9. The predicted molar refractivity (Wildman–Crippen MR) is 81.8 cm³/mol. The van der Waals surface area contributed by atoms with Crippen LogP contribution in [-0.2, 0) is 9.53 Å². The van der Waals surface area contributed by atoms with Crippen molar-refractivity contribution in [3.8, 4) is 0 Å². The van der Waals surface area contributed by atoms with Crippen molar-refractivity contribution in [1.29, 1.82) is 0 Å². The number of carbonyl (C=O) groups is 2. The molecule has 1 heterocycles. The van der Waals surface area contributed by atoms with E-state index in [0.717, 1.165) is 10.0 Å². The molecule has 0 aliphatic heterocycles. The molecule has 0 aliphatic carbocycles. The zero-order valence-electron chi connectivity index (χ0n) is 11.4. The number of aromatic nitrogens is 1. The van der Waals surface area contributed by atoms with Crippen LogP contribution in [0.4, 0.5) is 0 Å². The minimum absolute atomic E-state index is 0.0775. The molecular formula is C15H15BrN2O3. The van der Waals surface area contributed by atoms with Gasteiger partial charge in [-0.2, -0.15) is 0 Å². The molecule has 0 aliphatic rings. The van der Waals surface area contributed by atoms with Crippen molar-refractivity contribution in [1.82, 2.24) is 10.3 Å². The van der Waals surface area contributed by atoms with E-state index in [1.54, 1.807) is 12.3 Å². The van der Waals surface area contributed by atoms with Gasteiger partial charge in [0.05, 0.1) is 19.6 Å². The predicted octanol–water partition coefficient (Wildman–Crippen LogP) is 2.81. The van der Waals surface area contributed by atoms with Crippen molar-refractivity contribution < 1.29 is 14.3 Å². The number of benzene rings is 1. The molecule has 110 valence electrons. The lowest BCUT2D eigenvalue weighted by atomic mass is 10.0. The number of ether oxygens (including phenoxy) is 1. The molecule has 2 aromatic rings. The Hall–Kier alpha value is -2.08. The number of amides is 1. The molecule has 2 N–H and O–H groups in total. The summed E-state index contributed by atoms with van der Waals surface area (Å²) in [7, 11) is 1.33. The summed E-state index contributed by atoms with van der Waals surface area (Å²) in [6.45, 7) is 0. The van der Waals surface area contributed by atoms with Crippen LogP contribution in [0.2, 0.25) is 0 Å². The Bertz CT molecular complexity index is 625. The fraction of sp³-hybridized carbons (Fsp3) is 0.200. The van der Waals surface area contributed by atoms with Crippen LogP contribution in [0, 0.1) is 0 Å². The number of hydrogen-bond donors (Lipinski definition) is 2. The molecule has 0 unspecified atom stereocenters. The van der Waals surface area contributed by atoms with Gasteiger partial charge in [-0.15, -0.1) is 0 Å². The number of esters is 1. The van der Waals surface area contributed by atoms with E-state index in [-0.39, 0.29) is 18.3 Å². The van der Waals surface area contributed by atoms with Crippen LogP contribution >= 0.6 is 15.9 Å². The molecule has 1 atom stereocenters. The molecule has 2 rings (SSSR count). The van der Waals surface area contributed by atoms with Gasteiger partial charge in [-0.3, -0.25) is 9.59 Å². The molecule has 0 saturated heterocycles. The van der Waals surface area contributed by atoms with Gasteiger partial charge in [0, 0.05) is 10.7 Å². The third-order valence-electron chi connectivity index (χ3n) is 3.00. The number of methoxy groups -OCH3 is 1. The minimum Gasteiger partial charge on any atom is -0.469 e. The molecular weight excluding hydrogens is 336 g/mol. The fourth-order valence-electron chi connectivity index (χ4n) is 1.92. The number of nitrogens with one attached hydrogen (secondary N) is 2. The average Bonchev–Trinajstić information content (AvgIpc) is 2.94. The lowest BCUT2D eigenvalue weighted by Crippen LogP contribution is -2.30. The molecule has 6 heteroatoms. The third-order valence-corrected chi connectivity index (χ3v) is 3.46. The number of hydrogen-bond acceptors (Lipinski definition) is 3. The first kappa shape index (κ1) is 15.3. The SMILES string of the molecule is COC(=O)C[C@H](NC(=O)c1cc(Br)c[nH]1)c1ccccc1. The molecule has 5 nitrogen and oxygen atoms in total. The Labute approximate surface area is 130 Å². The Morgan fingerprint density at radius 2 is 2.05 bits per heavy atom. The van der Waals surface area contributed by atoms with Crippen molar-refractivity contribution in [2.45, 2.75) is 12.5 Å². The number of carbonyl (C=O) groups excluding carboxylic acids is 2. The minimum atomic E-state index is -0.437. The average molecular weight is 351 g/mol. The lowest BCUT2D eigenvalue weighted by molar-refractivity contribution is -0.141. The highest BCUT2D eigenvalue weighted by molar-refractivity contribution is 9.10. The molecule has 0 spiro atoms. The zero-order chi connectivity index (χ0) is 15.2. The van der Waals surface area contributed by atoms with Gasteiger partial charge in [0.2, 0.25) is 0 Å². The number of aromatic amines is 1. The maximum absolute atomic E-state index is 12.2. The summed E-state index contributed by atoms with van der Waals surface area (Å²) in [6, 6.07) is 10.6. The largest absolute Gasteiger partial charge is 0.469 e. The summed E-state index contributed by atoms with van der Waals surface area (Å²) >= 11 is 3.28. The summed E-state index contributed by atoms with van der Waals surface area (Å²) in [5.41, 5.74) is 1.27. The van der Waals surface area contributed by atoms with E-state index >= 15 is 0 Å². The summed E-state index contributed by atoms with van der Waals surface area (Å²) in [6.07, 6.45) is 1.75. The van der Waals surface area contributed by atoms with Crippen molar-refractivity contribution in [3.63, 3.8) is 0 Å². The molecule has 0 radical (unpaired) electrons. The smallest absolute Gasteiger partial charge is 0.307 e. The van der Waals surface area contributed by atoms with Crippen LogP contribution in [0.5, 0.6) is 0 Å². The van der Waals surface area contributed by atoms with E-state index in [1.807, 2.05) is 30.3 Å². The number of halogens is 1. The van der Waals surface area contributed by atoms with E-state index in [2.05, 4.69) is 31.0 Å². The van der Waals surface area contributed by atoms with Crippen LogP contribution < -0.4 is 5.32 Å². The van der Waals surface area contributed by atoms with Gasteiger partial charge >= 0.3 is 5.97 Å². The Morgan fingerprint density at radius 1 is 1.33 bits per heavy atom. The Balaban J connectivity index is 2.16.